The van der Waals surface area contributed by atoms with Gasteiger partial charge < -0.3 is 4.74 Å². The van der Waals surface area contributed by atoms with Crippen molar-refractivity contribution in [3.8, 4) is 11.8 Å². The zero-order valence-electron chi connectivity index (χ0n) is 11.4. The summed E-state index contributed by atoms with van der Waals surface area (Å²) in [6.07, 6.45) is 0.895. The molecule has 0 saturated carbocycles. The van der Waals surface area contributed by atoms with Gasteiger partial charge >= 0.3 is 5.97 Å². The number of hydrogen-bond donors (Lipinski definition) is 0. The van der Waals surface area contributed by atoms with Crippen LogP contribution in [0.5, 0.6) is 0 Å². The molecule has 0 amide bonds. The molecule has 0 atom stereocenters. The number of hydrogen-bond acceptors (Lipinski definition) is 2. The molecule has 2 rings (SSSR count). The molecule has 0 aliphatic rings. The summed E-state index contributed by atoms with van der Waals surface area (Å²) in [4.78, 5) is 11.1. The van der Waals surface area contributed by atoms with E-state index in [0.717, 1.165) is 12.0 Å². The highest BCUT2D eigenvalue weighted by atomic mass is 16.5. The lowest BCUT2D eigenvalue weighted by Gasteiger charge is -2.01. The topological polar surface area (TPSA) is 26.3 Å². The first-order valence-corrected chi connectivity index (χ1v) is 6.59. The highest BCUT2D eigenvalue weighted by Crippen LogP contribution is 2.10. The lowest BCUT2D eigenvalue weighted by Crippen LogP contribution is -1.99. The smallest absolute Gasteiger partial charge is 0.384 e. The Morgan fingerprint density at radius 2 is 1.65 bits per heavy atom. The summed E-state index contributed by atoms with van der Waals surface area (Å²) >= 11 is 0. The van der Waals surface area contributed by atoms with E-state index in [1.54, 1.807) is 6.92 Å². The lowest BCUT2D eigenvalue weighted by atomic mass is 10.0. The predicted octanol–water partition coefficient (Wildman–Crippen LogP) is 3.19. The molecule has 20 heavy (non-hydrogen) atoms. The van der Waals surface area contributed by atoms with Gasteiger partial charge in [-0.15, -0.1) is 0 Å². The average Bonchev–Trinajstić information content (AvgIpc) is 2.48. The molecule has 0 aromatic heterocycles. The number of rotatable bonds is 3. The normalized spacial score (nSPS) is 9.45. The number of carbonyl (C=O) groups is 1. The van der Waals surface area contributed by atoms with Crippen molar-refractivity contribution < 1.29 is 9.53 Å². The van der Waals surface area contributed by atoms with Crippen molar-refractivity contribution in [3.63, 3.8) is 0 Å². The van der Waals surface area contributed by atoms with Crippen LogP contribution >= 0.6 is 0 Å². The van der Waals surface area contributed by atoms with Gasteiger partial charge in [-0.2, -0.15) is 0 Å². The van der Waals surface area contributed by atoms with E-state index in [9.17, 15) is 4.79 Å². The second kappa shape index (κ2) is 7.16. The molecule has 0 unspecified atom stereocenters. The van der Waals surface area contributed by atoms with Crippen LogP contribution in [0.2, 0.25) is 0 Å². The van der Waals surface area contributed by atoms with E-state index in [-0.39, 0.29) is 0 Å². The molecule has 0 N–H and O–H groups in total. The second-order valence-corrected chi connectivity index (χ2v) is 4.33. The molecule has 2 aromatic carbocycles. The van der Waals surface area contributed by atoms with Crippen molar-refractivity contribution in [1.82, 2.24) is 0 Å². The molecular formula is C18H16O2. The Labute approximate surface area is 119 Å². The molecule has 0 bridgehead atoms. The maximum Gasteiger partial charge on any atom is 0.384 e. The van der Waals surface area contributed by atoms with Gasteiger partial charge in [-0.1, -0.05) is 48.4 Å². The standard InChI is InChI=1S/C18H16O2/c1-2-20-18(19)13-12-15-8-10-17(11-9-15)14-16-6-4-3-5-7-16/h3-11H,2,14H2,1H3. The Morgan fingerprint density at radius 1 is 1.00 bits per heavy atom. The van der Waals surface area contributed by atoms with E-state index >= 15 is 0 Å². The Kier molecular flexibility index (Phi) is 4.97. The van der Waals surface area contributed by atoms with Crippen LogP contribution in [0, 0.1) is 11.8 Å². The van der Waals surface area contributed by atoms with Crippen LogP contribution in [0.15, 0.2) is 54.6 Å². The average molecular weight is 264 g/mol. The van der Waals surface area contributed by atoms with E-state index in [2.05, 4.69) is 24.0 Å². The Morgan fingerprint density at radius 3 is 2.30 bits per heavy atom. The molecule has 0 saturated heterocycles. The summed E-state index contributed by atoms with van der Waals surface area (Å²) in [5.41, 5.74) is 3.31. The van der Waals surface area contributed by atoms with Crippen LogP contribution in [0.25, 0.3) is 0 Å². The molecule has 0 heterocycles. The zero-order valence-corrected chi connectivity index (χ0v) is 11.4. The van der Waals surface area contributed by atoms with Gasteiger partial charge in [0, 0.05) is 11.5 Å². The third kappa shape index (κ3) is 4.29. The van der Waals surface area contributed by atoms with Gasteiger partial charge in [0.05, 0.1) is 6.61 Å². The van der Waals surface area contributed by atoms with Crippen LogP contribution in [0.3, 0.4) is 0 Å². The van der Waals surface area contributed by atoms with Gasteiger partial charge in [0.25, 0.3) is 0 Å². The molecule has 0 fully saturated rings. The van der Waals surface area contributed by atoms with Gasteiger partial charge in [0.15, 0.2) is 0 Å². The Balaban J connectivity index is 2.01. The highest BCUT2D eigenvalue weighted by molar-refractivity contribution is 5.89. The molecule has 0 aliphatic carbocycles. The third-order valence-corrected chi connectivity index (χ3v) is 2.79. The Hall–Kier alpha value is -2.53. The van der Waals surface area contributed by atoms with Crippen molar-refractivity contribution in [2.75, 3.05) is 6.61 Å². The largest absolute Gasteiger partial charge is 0.456 e. The Bertz CT molecular complexity index is 616. The van der Waals surface area contributed by atoms with Crippen molar-refractivity contribution in [2.45, 2.75) is 13.3 Å². The SMILES string of the molecule is CCOC(=O)C#Cc1ccc(Cc2ccccc2)cc1. The molecule has 0 spiro atoms. The van der Waals surface area contributed by atoms with Crippen LogP contribution < -0.4 is 0 Å². The van der Waals surface area contributed by atoms with Crippen LogP contribution in [0.4, 0.5) is 0 Å². The van der Waals surface area contributed by atoms with Gasteiger partial charge in [0.1, 0.15) is 0 Å². The molecule has 0 aliphatic heterocycles. The quantitative estimate of drug-likeness (QED) is 0.628. The molecule has 2 heteroatoms. The minimum atomic E-state index is -0.485. The fourth-order valence-electron chi connectivity index (χ4n) is 1.83. The summed E-state index contributed by atoms with van der Waals surface area (Å²) in [5.74, 6) is 4.77. The van der Waals surface area contributed by atoms with Gasteiger partial charge in [-0.05, 0) is 36.6 Å². The minimum absolute atomic E-state index is 0.351. The monoisotopic (exact) mass is 264 g/mol. The fourth-order valence-corrected chi connectivity index (χ4v) is 1.83. The van der Waals surface area contributed by atoms with E-state index < -0.39 is 5.97 Å². The number of esters is 1. The second-order valence-electron chi connectivity index (χ2n) is 4.33. The maximum absolute atomic E-state index is 11.1. The van der Waals surface area contributed by atoms with Crippen molar-refractivity contribution in [1.29, 1.82) is 0 Å². The van der Waals surface area contributed by atoms with Gasteiger partial charge in [-0.25, -0.2) is 4.79 Å². The first-order valence-electron chi connectivity index (χ1n) is 6.59. The maximum atomic E-state index is 11.1. The highest BCUT2D eigenvalue weighted by Gasteiger charge is 1.96. The van der Waals surface area contributed by atoms with Gasteiger partial charge in [0.2, 0.25) is 0 Å². The van der Waals surface area contributed by atoms with Crippen LogP contribution in [-0.4, -0.2) is 12.6 Å². The third-order valence-electron chi connectivity index (χ3n) is 2.79. The lowest BCUT2D eigenvalue weighted by molar-refractivity contribution is -0.136. The van der Waals surface area contributed by atoms with Gasteiger partial charge in [-0.3, -0.25) is 0 Å². The summed E-state index contributed by atoms with van der Waals surface area (Å²) in [6, 6.07) is 18.2. The van der Waals surface area contributed by atoms with E-state index in [0.29, 0.717) is 6.61 Å². The first-order chi connectivity index (χ1) is 9.78. The van der Waals surface area contributed by atoms with Crippen molar-refractivity contribution >= 4 is 5.97 Å². The fraction of sp³-hybridized carbons (Fsp3) is 0.167. The number of ether oxygens (including phenoxy) is 1. The minimum Gasteiger partial charge on any atom is -0.456 e. The van der Waals surface area contributed by atoms with Crippen molar-refractivity contribution in [3.05, 3.63) is 71.3 Å². The number of carbonyl (C=O) groups excluding carboxylic acids is 1. The summed E-state index contributed by atoms with van der Waals surface area (Å²) < 4.78 is 4.75. The van der Waals surface area contributed by atoms with Crippen LogP contribution in [0.1, 0.15) is 23.6 Å². The van der Waals surface area contributed by atoms with Crippen LogP contribution in [-0.2, 0) is 16.0 Å². The molecule has 100 valence electrons. The molecule has 2 aromatic rings. The first kappa shape index (κ1) is 13.9. The molecular weight excluding hydrogens is 248 g/mol. The van der Waals surface area contributed by atoms with E-state index in [1.807, 2.05) is 42.5 Å². The molecule has 0 radical (unpaired) electrons. The van der Waals surface area contributed by atoms with Crippen molar-refractivity contribution in [2.24, 2.45) is 0 Å². The van der Waals surface area contributed by atoms with E-state index in [4.69, 9.17) is 4.74 Å². The summed E-state index contributed by atoms with van der Waals surface area (Å²) in [7, 11) is 0. The summed E-state index contributed by atoms with van der Waals surface area (Å²) in [5, 5.41) is 0. The zero-order chi connectivity index (χ0) is 14.2. The van der Waals surface area contributed by atoms with E-state index in [1.165, 1.54) is 11.1 Å². The number of benzene rings is 2. The summed E-state index contributed by atoms with van der Waals surface area (Å²) in [6.45, 7) is 2.11. The predicted molar refractivity (Wildman–Crippen MR) is 79.2 cm³/mol. The molecule has 2 nitrogen and oxygen atoms in total.